The number of ether oxygens (including phenoxy) is 1. The third kappa shape index (κ3) is 1.13. The van der Waals surface area contributed by atoms with Crippen molar-refractivity contribution in [1.29, 1.82) is 5.26 Å². The maximum atomic E-state index is 8.80. The van der Waals surface area contributed by atoms with Crippen LogP contribution in [0.3, 0.4) is 0 Å². The molecule has 1 aromatic rings. The quantitative estimate of drug-likeness (QED) is 0.581. The number of epoxide rings is 1. The van der Waals surface area contributed by atoms with Crippen LogP contribution in [-0.2, 0) is 11.2 Å². The van der Waals surface area contributed by atoms with Gasteiger partial charge < -0.3 is 4.74 Å². The molecule has 0 saturated carbocycles. The molecule has 0 bridgehead atoms. The van der Waals surface area contributed by atoms with Gasteiger partial charge in [-0.05, 0) is 42.5 Å². The summed E-state index contributed by atoms with van der Waals surface area (Å²) in [5.74, 6) is 0. The summed E-state index contributed by atoms with van der Waals surface area (Å²) in [7, 11) is 0. The summed E-state index contributed by atoms with van der Waals surface area (Å²) >= 11 is 0. The Hall–Kier alpha value is -1.33. The normalized spacial score (nSPS) is 28.2. The summed E-state index contributed by atoms with van der Waals surface area (Å²) in [6.45, 7) is 0. The van der Waals surface area contributed by atoms with Crippen LogP contribution >= 0.6 is 0 Å². The number of rotatable bonds is 0. The average molecular weight is 185 g/mol. The van der Waals surface area contributed by atoms with E-state index in [0.717, 1.165) is 12.0 Å². The first-order valence-corrected chi connectivity index (χ1v) is 5.07. The molecule has 2 atom stereocenters. The van der Waals surface area contributed by atoms with Crippen molar-refractivity contribution in [2.45, 2.75) is 31.5 Å². The van der Waals surface area contributed by atoms with Crippen molar-refractivity contribution >= 4 is 0 Å². The molecule has 0 radical (unpaired) electrons. The Bertz CT molecular complexity index is 419. The molecule has 2 nitrogen and oxygen atoms in total. The standard InChI is InChI=1S/C12H11NO/c13-7-8-4-5-10-9(6-8)2-1-3-11-12(10)14-11/h4-6,11-12H,1-3H2/t11-,12+/m1/s1. The third-order valence-electron chi connectivity index (χ3n) is 3.10. The number of aryl methyl sites for hydroxylation is 1. The van der Waals surface area contributed by atoms with E-state index in [9.17, 15) is 0 Å². The molecule has 0 aromatic heterocycles. The molecule has 0 amide bonds. The van der Waals surface area contributed by atoms with Crippen LogP contribution in [0.25, 0.3) is 0 Å². The van der Waals surface area contributed by atoms with Gasteiger partial charge in [-0.2, -0.15) is 5.26 Å². The van der Waals surface area contributed by atoms with Gasteiger partial charge in [-0.25, -0.2) is 0 Å². The van der Waals surface area contributed by atoms with Gasteiger partial charge in [-0.3, -0.25) is 0 Å². The van der Waals surface area contributed by atoms with Crippen LogP contribution in [0.5, 0.6) is 0 Å². The van der Waals surface area contributed by atoms with Gasteiger partial charge in [0.25, 0.3) is 0 Å². The summed E-state index contributed by atoms with van der Waals surface area (Å²) in [6.07, 6.45) is 4.25. The highest BCUT2D eigenvalue weighted by atomic mass is 16.6. The Morgan fingerprint density at radius 1 is 1.43 bits per heavy atom. The lowest BCUT2D eigenvalue weighted by atomic mass is 10.0. The van der Waals surface area contributed by atoms with Crippen molar-refractivity contribution in [2.75, 3.05) is 0 Å². The van der Waals surface area contributed by atoms with E-state index in [4.69, 9.17) is 10.00 Å². The van der Waals surface area contributed by atoms with Crippen LogP contribution in [0.15, 0.2) is 18.2 Å². The van der Waals surface area contributed by atoms with E-state index in [0.29, 0.717) is 12.2 Å². The molecule has 70 valence electrons. The molecular formula is C12H11NO. The van der Waals surface area contributed by atoms with Crippen LogP contribution < -0.4 is 0 Å². The maximum absolute atomic E-state index is 8.80. The lowest BCUT2D eigenvalue weighted by molar-refractivity contribution is 0.357. The molecule has 1 saturated heterocycles. The van der Waals surface area contributed by atoms with Gasteiger partial charge in [0.05, 0.1) is 17.7 Å². The van der Waals surface area contributed by atoms with Crippen molar-refractivity contribution < 1.29 is 4.74 Å². The Morgan fingerprint density at radius 2 is 2.36 bits per heavy atom. The fourth-order valence-electron chi connectivity index (χ4n) is 2.30. The van der Waals surface area contributed by atoms with E-state index in [1.807, 2.05) is 12.1 Å². The number of fused-ring (bicyclic) bond motifs is 3. The summed E-state index contributed by atoms with van der Waals surface area (Å²) in [4.78, 5) is 0. The van der Waals surface area contributed by atoms with E-state index in [1.165, 1.54) is 24.0 Å². The minimum atomic E-state index is 0.334. The monoisotopic (exact) mass is 185 g/mol. The molecular weight excluding hydrogens is 174 g/mol. The molecule has 1 fully saturated rings. The Morgan fingerprint density at radius 3 is 3.21 bits per heavy atom. The predicted octanol–water partition coefficient (Wildman–Crippen LogP) is 2.33. The first-order chi connectivity index (χ1) is 6.88. The van der Waals surface area contributed by atoms with Crippen molar-refractivity contribution in [3.8, 4) is 6.07 Å². The Labute approximate surface area is 83.1 Å². The van der Waals surface area contributed by atoms with Crippen molar-refractivity contribution in [1.82, 2.24) is 0 Å². The molecule has 1 aromatic carbocycles. The largest absolute Gasteiger partial charge is 0.364 e. The summed E-state index contributed by atoms with van der Waals surface area (Å²) < 4.78 is 5.57. The predicted molar refractivity (Wildman–Crippen MR) is 51.7 cm³/mol. The van der Waals surface area contributed by atoms with Gasteiger partial charge in [0.2, 0.25) is 0 Å². The summed E-state index contributed by atoms with van der Waals surface area (Å²) in [6, 6.07) is 8.15. The lowest BCUT2D eigenvalue weighted by Crippen LogP contribution is -1.92. The van der Waals surface area contributed by atoms with Crippen LogP contribution in [0.4, 0.5) is 0 Å². The van der Waals surface area contributed by atoms with Gasteiger partial charge in [0.15, 0.2) is 0 Å². The average Bonchev–Trinajstić information content (AvgIpc) is 2.96. The number of nitriles is 1. The highest BCUT2D eigenvalue weighted by Gasteiger charge is 2.42. The second kappa shape index (κ2) is 2.83. The van der Waals surface area contributed by atoms with E-state index in [2.05, 4.69) is 12.1 Å². The van der Waals surface area contributed by atoms with Crippen LogP contribution in [0.2, 0.25) is 0 Å². The maximum Gasteiger partial charge on any atom is 0.109 e. The Kier molecular flexibility index (Phi) is 1.62. The van der Waals surface area contributed by atoms with Gasteiger partial charge in [0.1, 0.15) is 6.10 Å². The fourth-order valence-corrected chi connectivity index (χ4v) is 2.30. The van der Waals surface area contributed by atoms with Crippen molar-refractivity contribution in [3.05, 3.63) is 34.9 Å². The van der Waals surface area contributed by atoms with Crippen molar-refractivity contribution in [2.24, 2.45) is 0 Å². The third-order valence-corrected chi connectivity index (χ3v) is 3.10. The smallest absolute Gasteiger partial charge is 0.109 e. The van der Waals surface area contributed by atoms with Crippen LogP contribution in [-0.4, -0.2) is 6.10 Å². The Balaban J connectivity index is 2.07. The highest BCUT2D eigenvalue weighted by Crippen LogP contribution is 2.45. The van der Waals surface area contributed by atoms with E-state index < -0.39 is 0 Å². The molecule has 1 heterocycles. The zero-order chi connectivity index (χ0) is 9.54. The molecule has 14 heavy (non-hydrogen) atoms. The first-order valence-electron chi connectivity index (χ1n) is 5.07. The molecule has 1 aliphatic heterocycles. The topological polar surface area (TPSA) is 36.3 Å². The van der Waals surface area contributed by atoms with Crippen LogP contribution in [0, 0.1) is 11.3 Å². The van der Waals surface area contributed by atoms with Gasteiger partial charge in [-0.1, -0.05) is 6.07 Å². The fraction of sp³-hybridized carbons (Fsp3) is 0.417. The first kappa shape index (κ1) is 8.02. The molecule has 0 spiro atoms. The zero-order valence-corrected chi connectivity index (χ0v) is 7.86. The summed E-state index contributed by atoms with van der Waals surface area (Å²) in [5, 5.41) is 8.80. The number of hydrogen-bond acceptors (Lipinski definition) is 2. The van der Waals surface area contributed by atoms with E-state index in [1.54, 1.807) is 0 Å². The number of benzene rings is 1. The van der Waals surface area contributed by atoms with Gasteiger partial charge in [-0.15, -0.1) is 0 Å². The summed E-state index contributed by atoms with van der Waals surface area (Å²) in [5.41, 5.74) is 3.39. The lowest BCUT2D eigenvalue weighted by Gasteiger charge is -2.05. The van der Waals surface area contributed by atoms with E-state index >= 15 is 0 Å². The van der Waals surface area contributed by atoms with Crippen LogP contribution in [0.1, 0.15) is 35.6 Å². The minimum Gasteiger partial charge on any atom is -0.364 e. The van der Waals surface area contributed by atoms with Gasteiger partial charge >= 0.3 is 0 Å². The molecule has 0 N–H and O–H groups in total. The second-order valence-corrected chi connectivity index (χ2v) is 4.01. The number of hydrogen-bond donors (Lipinski definition) is 0. The van der Waals surface area contributed by atoms with Crippen molar-refractivity contribution in [3.63, 3.8) is 0 Å². The highest BCUT2D eigenvalue weighted by molar-refractivity contribution is 5.41. The molecule has 2 heteroatoms. The molecule has 0 unspecified atom stereocenters. The van der Waals surface area contributed by atoms with E-state index in [-0.39, 0.29) is 0 Å². The second-order valence-electron chi connectivity index (χ2n) is 4.01. The molecule has 1 aliphatic carbocycles. The molecule has 3 rings (SSSR count). The minimum absolute atomic E-state index is 0.334. The zero-order valence-electron chi connectivity index (χ0n) is 7.86. The van der Waals surface area contributed by atoms with Gasteiger partial charge in [0, 0.05) is 0 Å². The SMILES string of the molecule is N#Cc1ccc2c(c1)CCC[C@H]1O[C@@H]21. The number of nitrogens with zero attached hydrogens (tertiary/aromatic N) is 1. The molecule has 2 aliphatic rings.